The lowest BCUT2D eigenvalue weighted by Crippen LogP contribution is -2.06. The van der Waals surface area contributed by atoms with Gasteiger partial charge in [-0.15, -0.1) is 0 Å². The second-order valence-corrected chi connectivity index (χ2v) is 7.07. The number of imidazole rings is 1. The van der Waals surface area contributed by atoms with Crippen molar-refractivity contribution in [2.75, 3.05) is 5.32 Å². The van der Waals surface area contributed by atoms with E-state index in [1.165, 1.54) is 0 Å². The van der Waals surface area contributed by atoms with Crippen molar-refractivity contribution in [1.29, 1.82) is 0 Å². The molecule has 0 radical (unpaired) electrons. The van der Waals surface area contributed by atoms with Crippen molar-refractivity contribution in [3.63, 3.8) is 0 Å². The Morgan fingerprint density at radius 2 is 1.93 bits per heavy atom. The quantitative estimate of drug-likeness (QED) is 0.501. The molecule has 0 fully saturated rings. The maximum absolute atomic E-state index is 5.74. The Morgan fingerprint density at radius 1 is 1.14 bits per heavy atom. The molecule has 2 heterocycles. The Kier molecular flexibility index (Phi) is 4.88. The molecule has 0 unspecified atom stereocenters. The Balaban J connectivity index is 1.60. The highest BCUT2D eigenvalue weighted by Crippen LogP contribution is 2.28. The van der Waals surface area contributed by atoms with E-state index >= 15 is 0 Å². The molecule has 0 aliphatic carbocycles. The monoisotopic (exact) mass is 376 g/mol. The van der Waals surface area contributed by atoms with Gasteiger partial charge < -0.3 is 19.0 Å². The molecule has 2 aromatic carbocycles. The van der Waals surface area contributed by atoms with Gasteiger partial charge in [-0.25, -0.2) is 9.97 Å². The minimum Gasteiger partial charge on any atom is -0.441 e. The van der Waals surface area contributed by atoms with Crippen LogP contribution >= 0.6 is 0 Å². The van der Waals surface area contributed by atoms with Crippen molar-refractivity contribution in [3.8, 4) is 11.3 Å². The fraction of sp³-hybridized carbons (Fsp3) is 0.273. The summed E-state index contributed by atoms with van der Waals surface area (Å²) in [6.07, 6.45) is 1.91. The maximum atomic E-state index is 5.74. The molecule has 4 aromatic rings. The Labute approximate surface area is 164 Å². The van der Waals surface area contributed by atoms with E-state index in [1.807, 2.05) is 64.2 Å². The predicted octanol–water partition coefficient (Wildman–Crippen LogP) is 5.21. The lowest BCUT2D eigenvalue weighted by atomic mass is 10.1. The average Bonchev–Trinajstić information content (AvgIpc) is 3.25. The first-order valence-electron chi connectivity index (χ1n) is 9.37. The summed E-state index contributed by atoms with van der Waals surface area (Å²) in [6, 6.07) is 14.2. The molecule has 0 bridgehead atoms. The molecular formula is C22H24N4O2. The summed E-state index contributed by atoms with van der Waals surface area (Å²) in [7, 11) is 2.02. The molecular weight excluding hydrogens is 352 g/mol. The van der Waals surface area contributed by atoms with Gasteiger partial charge in [-0.2, -0.15) is 0 Å². The van der Waals surface area contributed by atoms with E-state index in [0.29, 0.717) is 12.5 Å². The third kappa shape index (κ3) is 3.64. The normalized spacial score (nSPS) is 11.5. The van der Waals surface area contributed by atoms with Crippen molar-refractivity contribution < 1.29 is 9.15 Å². The summed E-state index contributed by atoms with van der Waals surface area (Å²) < 4.78 is 13.4. The number of rotatable bonds is 6. The van der Waals surface area contributed by atoms with Gasteiger partial charge in [0.2, 0.25) is 0 Å². The summed E-state index contributed by atoms with van der Waals surface area (Å²) in [5, 5.41) is 3.47. The minimum absolute atomic E-state index is 0.170. The molecule has 6 nitrogen and oxygen atoms in total. The predicted molar refractivity (Wildman–Crippen MR) is 111 cm³/mol. The minimum atomic E-state index is 0.170. The van der Waals surface area contributed by atoms with E-state index in [0.717, 1.165) is 39.6 Å². The first-order chi connectivity index (χ1) is 13.5. The van der Waals surface area contributed by atoms with Crippen LogP contribution in [0.5, 0.6) is 0 Å². The Hall–Kier alpha value is -3.12. The summed E-state index contributed by atoms with van der Waals surface area (Å²) in [5.74, 6) is 2.34. The van der Waals surface area contributed by atoms with Crippen LogP contribution in [-0.2, 0) is 18.4 Å². The van der Waals surface area contributed by atoms with E-state index in [4.69, 9.17) is 14.1 Å². The van der Waals surface area contributed by atoms with Gasteiger partial charge in [-0.05, 0) is 50.2 Å². The first kappa shape index (κ1) is 18.3. The van der Waals surface area contributed by atoms with Crippen LogP contribution in [0, 0.1) is 6.92 Å². The highest BCUT2D eigenvalue weighted by molar-refractivity contribution is 5.91. The fourth-order valence-electron chi connectivity index (χ4n) is 3.10. The van der Waals surface area contributed by atoms with Gasteiger partial charge in [-0.1, -0.05) is 6.07 Å². The summed E-state index contributed by atoms with van der Waals surface area (Å²) >= 11 is 0. The summed E-state index contributed by atoms with van der Waals surface area (Å²) in [5.41, 5.74) is 4.95. The van der Waals surface area contributed by atoms with Crippen molar-refractivity contribution >= 4 is 22.4 Å². The molecule has 0 saturated heterocycles. The van der Waals surface area contributed by atoms with Crippen LogP contribution in [0.1, 0.15) is 25.6 Å². The molecule has 0 spiro atoms. The van der Waals surface area contributed by atoms with E-state index in [2.05, 4.69) is 20.9 Å². The topological polar surface area (TPSA) is 65.1 Å². The van der Waals surface area contributed by atoms with Crippen LogP contribution in [0.15, 0.2) is 53.1 Å². The molecule has 144 valence electrons. The number of nitrogens with zero attached hydrogens (tertiary/aromatic N) is 3. The summed E-state index contributed by atoms with van der Waals surface area (Å²) in [4.78, 5) is 8.95. The van der Waals surface area contributed by atoms with Gasteiger partial charge in [0, 0.05) is 25.2 Å². The van der Waals surface area contributed by atoms with Crippen LogP contribution in [0.4, 0.5) is 11.4 Å². The van der Waals surface area contributed by atoms with Gasteiger partial charge in [0.05, 0.1) is 23.5 Å². The lowest BCUT2D eigenvalue weighted by Gasteiger charge is -2.08. The molecule has 1 N–H and O–H groups in total. The average molecular weight is 376 g/mol. The van der Waals surface area contributed by atoms with Crippen molar-refractivity contribution in [2.24, 2.45) is 7.05 Å². The number of ether oxygens (including phenoxy) is 1. The van der Waals surface area contributed by atoms with Gasteiger partial charge >= 0.3 is 0 Å². The van der Waals surface area contributed by atoms with Crippen molar-refractivity contribution in [3.05, 3.63) is 60.4 Å². The smallest absolute Gasteiger partial charge is 0.191 e. The largest absolute Gasteiger partial charge is 0.441 e. The molecule has 0 saturated carbocycles. The van der Waals surface area contributed by atoms with E-state index < -0.39 is 0 Å². The third-order valence-corrected chi connectivity index (χ3v) is 4.62. The molecule has 4 rings (SSSR count). The number of aryl methyl sites for hydroxylation is 2. The molecule has 2 aromatic heterocycles. The number of nitrogens with one attached hydrogen (secondary N) is 1. The number of benzene rings is 2. The second kappa shape index (κ2) is 7.48. The van der Waals surface area contributed by atoms with E-state index in [-0.39, 0.29) is 6.10 Å². The van der Waals surface area contributed by atoms with Gasteiger partial charge in [-0.3, -0.25) is 0 Å². The van der Waals surface area contributed by atoms with Gasteiger partial charge in [0.25, 0.3) is 0 Å². The molecule has 0 amide bonds. The molecule has 0 aliphatic rings. The van der Waals surface area contributed by atoms with Crippen LogP contribution in [0.25, 0.3) is 22.4 Å². The van der Waals surface area contributed by atoms with Gasteiger partial charge in [0.15, 0.2) is 11.7 Å². The lowest BCUT2D eigenvalue weighted by molar-refractivity contribution is 0.0602. The highest BCUT2D eigenvalue weighted by Gasteiger charge is 2.12. The second-order valence-electron chi connectivity index (χ2n) is 7.07. The summed E-state index contributed by atoms with van der Waals surface area (Å²) in [6.45, 7) is 6.39. The van der Waals surface area contributed by atoms with E-state index in [9.17, 15) is 0 Å². The zero-order valence-corrected chi connectivity index (χ0v) is 16.6. The van der Waals surface area contributed by atoms with Crippen LogP contribution in [-0.4, -0.2) is 20.6 Å². The number of hydrogen-bond acceptors (Lipinski definition) is 5. The Morgan fingerprint density at radius 3 is 2.61 bits per heavy atom. The maximum Gasteiger partial charge on any atom is 0.191 e. The number of para-hydroxylation sites is 1. The SMILES string of the molecule is Cc1ncc(-c2ccc(Nc3cccc4c3nc(COC(C)C)n4C)cc2)o1. The van der Waals surface area contributed by atoms with Crippen LogP contribution in [0.2, 0.25) is 0 Å². The fourth-order valence-corrected chi connectivity index (χ4v) is 3.10. The molecule has 0 atom stereocenters. The molecule has 0 aliphatic heterocycles. The number of anilines is 2. The van der Waals surface area contributed by atoms with E-state index in [1.54, 1.807) is 6.20 Å². The number of hydrogen-bond donors (Lipinski definition) is 1. The zero-order chi connectivity index (χ0) is 19.7. The molecule has 28 heavy (non-hydrogen) atoms. The number of aromatic nitrogens is 3. The highest BCUT2D eigenvalue weighted by atomic mass is 16.5. The zero-order valence-electron chi connectivity index (χ0n) is 16.6. The van der Waals surface area contributed by atoms with Gasteiger partial charge in [0.1, 0.15) is 17.9 Å². The van der Waals surface area contributed by atoms with Crippen molar-refractivity contribution in [2.45, 2.75) is 33.5 Å². The molecule has 6 heteroatoms. The Bertz CT molecular complexity index is 1090. The number of fused-ring (bicyclic) bond motifs is 1. The van der Waals surface area contributed by atoms with Crippen molar-refractivity contribution in [1.82, 2.24) is 14.5 Å². The number of oxazole rings is 1. The third-order valence-electron chi connectivity index (χ3n) is 4.62. The van der Waals surface area contributed by atoms with Crippen LogP contribution < -0.4 is 5.32 Å². The first-order valence-corrected chi connectivity index (χ1v) is 9.37. The van der Waals surface area contributed by atoms with Crippen LogP contribution in [0.3, 0.4) is 0 Å². The standard InChI is InChI=1S/C22H24N4O2/c1-14(2)27-13-21-25-22-18(6-5-7-19(22)26(21)4)24-17-10-8-16(9-11-17)20-12-23-15(3)28-20/h5-12,14,24H,13H2,1-4H3.